The summed E-state index contributed by atoms with van der Waals surface area (Å²) in [6.45, 7) is 3.55. The van der Waals surface area contributed by atoms with E-state index in [-0.39, 0.29) is 5.91 Å². The second-order valence-electron chi connectivity index (χ2n) is 6.22. The number of rotatable bonds is 6. The summed E-state index contributed by atoms with van der Waals surface area (Å²) in [6, 6.07) is 2.49. The fourth-order valence-electron chi connectivity index (χ4n) is 3.18. The van der Waals surface area contributed by atoms with Crippen LogP contribution in [0.3, 0.4) is 0 Å². The molecule has 128 valence electrons. The van der Waals surface area contributed by atoms with Gasteiger partial charge in [-0.25, -0.2) is 4.98 Å². The molecule has 0 bridgehead atoms. The SMILES string of the molecule is CN(CCCn1cccn1)C1CCN(C(=O)c2cnccn2)CC1. The quantitative estimate of drug-likeness (QED) is 0.799. The molecule has 1 fully saturated rings. The van der Waals surface area contributed by atoms with Crippen molar-refractivity contribution in [3.8, 4) is 0 Å². The first-order chi connectivity index (χ1) is 11.7. The highest BCUT2D eigenvalue weighted by Gasteiger charge is 2.26. The van der Waals surface area contributed by atoms with Gasteiger partial charge in [0, 0.05) is 50.5 Å². The highest BCUT2D eigenvalue weighted by atomic mass is 16.2. The van der Waals surface area contributed by atoms with Crippen LogP contribution in [0.5, 0.6) is 0 Å². The lowest BCUT2D eigenvalue weighted by molar-refractivity contribution is 0.0637. The molecule has 3 rings (SSSR count). The maximum atomic E-state index is 12.4. The van der Waals surface area contributed by atoms with Crippen LogP contribution in [0.2, 0.25) is 0 Å². The van der Waals surface area contributed by atoms with E-state index in [0.717, 1.165) is 45.4 Å². The van der Waals surface area contributed by atoms with Crippen molar-refractivity contribution in [1.82, 2.24) is 29.5 Å². The van der Waals surface area contributed by atoms with Crippen molar-refractivity contribution < 1.29 is 4.79 Å². The van der Waals surface area contributed by atoms with Gasteiger partial charge in [0.1, 0.15) is 5.69 Å². The van der Waals surface area contributed by atoms with Gasteiger partial charge in [-0.05, 0) is 38.9 Å². The number of amides is 1. The molecule has 1 aliphatic heterocycles. The normalized spacial score (nSPS) is 15.8. The average molecular weight is 328 g/mol. The lowest BCUT2D eigenvalue weighted by Gasteiger charge is -2.36. The maximum Gasteiger partial charge on any atom is 0.274 e. The number of hydrogen-bond donors (Lipinski definition) is 0. The molecule has 1 amide bonds. The van der Waals surface area contributed by atoms with Crippen LogP contribution in [0.15, 0.2) is 37.1 Å². The van der Waals surface area contributed by atoms with Gasteiger partial charge in [0.2, 0.25) is 0 Å². The zero-order valence-corrected chi connectivity index (χ0v) is 14.1. The van der Waals surface area contributed by atoms with Crippen LogP contribution in [0.4, 0.5) is 0 Å². The summed E-state index contributed by atoms with van der Waals surface area (Å²) in [5, 5.41) is 4.23. The maximum absolute atomic E-state index is 12.4. The molecule has 0 unspecified atom stereocenters. The molecule has 2 aromatic rings. The third-order valence-corrected chi connectivity index (χ3v) is 4.61. The lowest BCUT2D eigenvalue weighted by atomic mass is 10.0. The predicted molar refractivity (Wildman–Crippen MR) is 90.4 cm³/mol. The van der Waals surface area contributed by atoms with Gasteiger partial charge in [0.25, 0.3) is 5.91 Å². The van der Waals surface area contributed by atoms with Gasteiger partial charge in [-0.15, -0.1) is 0 Å². The van der Waals surface area contributed by atoms with Crippen molar-refractivity contribution in [2.45, 2.75) is 31.8 Å². The van der Waals surface area contributed by atoms with Crippen molar-refractivity contribution in [3.63, 3.8) is 0 Å². The Morgan fingerprint density at radius 2 is 2.12 bits per heavy atom. The van der Waals surface area contributed by atoms with Crippen LogP contribution >= 0.6 is 0 Å². The van der Waals surface area contributed by atoms with Crippen LogP contribution in [-0.4, -0.2) is 68.2 Å². The summed E-state index contributed by atoms with van der Waals surface area (Å²) in [6.07, 6.45) is 11.6. The van der Waals surface area contributed by atoms with Gasteiger partial charge in [-0.1, -0.05) is 0 Å². The third kappa shape index (κ3) is 4.17. The Morgan fingerprint density at radius 3 is 2.79 bits per heavy atom. The zero-order chi connectivity index (χ0) is 16.8. The number of piperidine rings is 1. The summed E-state index contributed by atoms with van der Waals surface area (Å²) >= 11 is 0. The number of aromatic nitrogens is 4. The standard InChI is InChI=1S/C17H24N6O/c1-21(9-3-11-23-10-2-6-20-23)15-4-12-22(13-5-15)17(24)16-14-18-7-8-19-16/h2,6-8,10,14-15H,3-5,9,11-13H2,1H3. The van der Waals surface area contributed by atoms with E-state index in [1.165, 1.54) is 6.20 Å². The van der Waals surface area contributed by atoms with Crippen molar-refractivity contribution in [1.29, 1.82) is 0 Å². The van der Waals surface area contributed by atoms with Crippen LogP contribution in [0, 0.1) is 0 Å². The molecular formula is C17H24N6O. The fourth-order valence-corrected chi connectivity index (χ4v) is 3.18. The molecule has 0 atom stereocenters. The summed E-state index contributed by atoms with van der Waals surface area (Å²) in [4.78, 5) is 24.8. The first-order valence-electron chi connectivity index (χ1n) is 8.47. The van der Waals surface area contributed by atoms with E-state index < -0.39 is 0 Å². The molecule has 7 nitrogen and oxygen atoms in total. The van der Waals surface area contributed by atoms with Crippen molar-refractivity contribution >= 4 is 5.91 Å². The Bertz CT molecular complexity index is 622. The minimum absolute atomic E-state index is 0.0112. The molecular weight excluding hydrogens is 304 g/mol. The predicted octanol–water partition coefficient (Wildman–Crippen LogP) is 1.30. The van der Waals surface area contributed by atoms with Crippen LogP contribution in [0.25, 0.3) is 0 Å². The monoisotopic (exact) mass is 328 g/mol. The summed E-state index contributed by atoms with van der Waals surface area (Å²) in [7, 11) is 2.17. The van der Waals surface area contributed by atoms with E-state index in [9.17, 15) is 4.79 Å². The van der Waals surface area contributed by atoms with Crippen LogP contribution in [-0.2, 0) is 6.54 Å². The Kier molecular flexibility index (Phi) is 5.53. The highest BCUT2D eigenvalue weighted by molar-refractivity contribution is 5.92. The number of hydrogen-bond acceptors (Lipinski definition) is 5. The van der Waals surface area contributed by atoms with E-state index in [1.807, 2.05) is 28.0 Å². The molecule has 2 aromatic heterocycles. The smallest absolute Gasteiger partial charge is 0.274 e. The van der Waals surface area contributed by atoms with E-state index in [1.54, 1.807) is 12.4 Å². The number of nitrogens with zero attached hydrogens (tertiary/aromatic N) is 6. The third-order valence-electron chi connectivity index (χ3n) is 4.61. The molecule has 0 spiro atoms. The van der Waals surface area contributed by atoms with Crippen molar-refractivity contribution in [2.24, 2.45) is 0 Å². The molecule has 0 radical (unpaired) electrons. The molecule has 0 N–H and O–H groups in total. The zero-order valence-electron chi connectivity index (χ0n) is 14.1. The van der Waals surface area contributed by atoms with Crippen molar-refractivity contribution in [3.05, 3.63) is 42.7 Å². The first-order valence-corrected chi connectivity index (χ1v) is 8.47. The Morgan fingerprint density at radius 1 is 1.29 bits per heavy atom. The van der Waals surface area contributed by atoms with E-state index in [4.69, 9.17) is 0 Å². The van der Waals surface area contributed by atoms with Gasteiger partial charge >= 0.3 is 0 Å². The lowest BCUT2D eigenvalue weighted by Crippen LogP contribution is -2.46. The highest BCUT2D eigenvalue weighted by Crippen LogP contribution is 2.17. The largest absolute Gasteiger partial charge is 0.337 e. The molecule has 7 heteroatoms. The molecule has 0 aliphatic carbocycles. The van der Waals surface area contributed by atoms with Gasteiger partial charge in [0.15, 0.2) is 0 Å². The summed E-state index contributed by atoms with van der Waals surface area (Å²) in [5.41, 5.74) is 0.434. The molecule has 3 heterocycles. The minimum atomic E-state index is -0.0112. The van der Waals surface area contributed by atoms with Crippen molar-refractivity contribution in [2.75, 3.05) is 26.7 Å². The van der Waals surface area contributed by atoms with Gasteiger partial charge < -0.3 is 9.80 Å². The Balaban J connectivity index is 1.42. The van der Waals surface area contributed by atoms with Crippen LogP contribution < -0.4 is 0 Å². The number of likely N-dealkylation sites (tertiary alicyclic amines) is 1. The average Bonchev–Trinajstić information content (AvgIpc) is 3.15. The molecule has 0 saturated carbocycles. The number of carbonyl (C=O) groups is 1. The Hall–Kier alpha value is -2.28. The van der Waals surface area contributed by atoms with Crippen LogP contribution in [0.1, 0.15) is 29.8 Å². The molecule has 1 saturated heterocycles. The number of carbonyl (C=O) groups excluding carboxylic acids is 1. The first kappa shape index (κ1) is 16.6. The molecule has 24 heavy (non-hydrogen) atoms. The van der Waals surface area contributed by atoms with Gasteiger partial charge in [-0.2, -0.15) is 5.10 Å². The fraction of sp³-hybridized carbons (Fsp3) is 0.529. The minimum Gasteiger partial charge on any atom is -0.337 e. The van der Waals surface area contributed by atoms with E-state index in [2.05, 4.69) is 27.0 Å². The second-order valence-corrected chi connectivity index (χ2v) is 6.22. The summed E-state index contributed by atoms with van der Waals surface area (Å²) < 4.78 is 1.97. The van der Waals surface area contributed by atoms with E-state index in [0.29, 0.717) is 11.7 Å². The Labute approximate surface area is 142 Å². The van der Waals surface area contributed by atoms with E-state index >= 15 is 0 Å². The number of aryl methyl sites for hydroxylation is 1. The van der Waals surface area contributed by atoms with Gasteiger partial charge in [-0.3, -0.25) is 14.5 Å². The topological polar surface area (TPSA) is 67.2 Å². The molecule has 1 aliphatic rings. The second kappa shape index (κ2) is 8.01. The van der Waals surface area contributed by atoms with Gasteiger partial charge in [0.05, 0.1) is 6.20 Å². The summed E-state index contributed by atoms with van der Waals surface area (Å²) in [5.74, 6) is -0.0112. The molecule has 0 aromatic carbocycles.